The second kappa shape index (κ2) is 6.71. The van der Waals surface area contributed by atoms with Gasteiger partial charge in [-0.05, 0) is 48.4 Å². The maximum absolute atomic E-state index is 12.9. The molecule has 4 rings (SSSR count). The van der Waals surface area contributed by atoms with E-state index in [-0.39, 0.29) is 18.3 Å². The zero-order valence-electron chi connectivity index (χ0n) is 14.1. The Morgan fingerprint density at radius 2 is 2.00 bits per heavy atom. The number of anilines is 1. The van der Waals surface area contributed by atoms with Gasteiger partial charge < -0.3 is 19.4 Å². The molecule has 0 unspecified atom stereocenters. The van der Waals surface area contributed by atoms with Crippen LogP contribution >= 0.6 is 24.0 Å². The topological polar surface area (TPSA) is 78.9 Å². The predicted octanol–water partition coefficient (Wildman–Crippen LogP) is 2.49. The smallest absolute Gasteiger partial charge is 0.270 e. The molecule has 0 spiro atoms. The van der Waals surface area contributed by atoms with Crippen molar-refractivity contribution in [1.82, 2.24) is 0 Å². The van der Waals surface area contributed by atoms with Crippen LogP contribution in [0.5, 0.6) is 11.5 Å². The molecule has 0 N–H and O–H groups in total. The molecule has 2 heterocycles. The fourth-order valence-electron chi connectivity index (χ4n) is 2.81. The summed E-state index contributed by atoms with van der Waals surface area (Å²) < 4.78 is 11.0. The maximum atomic E-state index is 12.9. The number of thiocarbonyl (C=S) groups is 1. The minimum atomic E-state index is -1.30. The van der Waals surface area contributed by atoms with Crippen LogP contribution in [0.25, 0.3) is 6.08 Å². The molecule has 0 radical (unpaired) electrons. The number of benzene rings is 2. The molecule has 0 atom stereocenters. The molecule has 0 aromatic heterocycles. The number of carboxylic acids is 1. The van der Waals surface area contributed by atoms with E-state index in [4.69, 9.17) is 21.7 Å². The number of nitrogens with zero attached hydrogens (tertiary/aromatic N) is 1. The van der Waals surface area contributed by atoms with Gasteiger partial charge in [-0.1, -0.05) is 36.1 Å². The lowest BCUT2D eigenvalue weighted by Gasteiger charge is -2.17. The monoisotopic (exact) mass is 398 g/mol. The first-order valence-electron chi connectivity index (χ1n) is 7.93. The summed E-state index contributed by atoms with van der Waals surface area (Å²) in [5.41, 5.74) is 1.76. The van der Waals surface area contributed by atoms with E-state index >= 15 is 0 Å². The summed E-state index contributed by atoms with van der Waals surface area (Å²) in [5.74, 6) is -0.322. The first kappa shape index (κ1) is 17.6. The summed E-state index contributed by atoms with van der Waals surface area (Å²) in [6, 6.07) is 10.1. The Bertz CT molecular complexity index is 1030. The Hall–Kier alpha value is -2.84. The largest absolute Gasteiger partial charge is 0.545 e. The Morgan fingerprint density at radius 3 is 2.78 bits per heavy atom. The molecule has 2 aliphatic rings. The SMILES string of the molecule is Cc1ccc(N2C(=O)/C(=C/c3ccc4c(c3)OCO4)SC2=S)cc1C(=O)[O-]. The van der Waals surface area contributed by atoms with Crippen LogP contribution in [-0.4, -0.2) is 23.0 Å². The number of aryl methyl sites for hydroxylation is 1. The molecular weight excluding hydrogens is 386 g/mol. The molecule has 1 saturated heterocycles. The summed E-state index contributed by atoms with van der Waals surface area (Å²) in [6.45, 7) is 1.84. The summed E-state index contributed by atoms with van der Waals surface area (Å²) >= 11 is 6.49. The third-order valence-electron chi connectivity index (χ3n) is 4.19. The highest BCUT2D eigenvalue weighted by molar-refractivity contribution is 8.27. The van der Waals surface area contributed by atoms with Crippen LogP contribution in [0.2, 0.25) is 0 Å². The number of rotatable bonds is 3. The van der Waals surface area contributed by atoms with E-state index in [0.29, 0.717) is 32.0 Å². The molecular formula is C19H12NO5S2-. The molecule has 1 fully saturated rings. The van der Waals surface area contributed by atoms with E-state index in [1.165, 1.54) is 11.0 Å². The number of carboxylic acid groups (broad SMARTS) is 1. The lowest BCUT2D eigenvalue weighted by atomic mass is 10.1. The Kier molecular flexibility index (Phi) is 4.37. The van der Waals surface area contributed by atoms with Crippen LogP contribution in [0.4, 0.5) is 5.69 Å². The minimum Gasteiger partial charge on any atom is -0.545 e. The predicted molar refractivity (Wildman–Crippen MR) is 104 cm³/mol. The van der Waals surface area contributed by atoms with Crippen molar-refractivity contribution in [2.75, 3.05) is 11.7 Å². The fourth-order valence-corrected chi connectivity index (χ4v) is 4.11. The molecule has 0 aliphatic carbocycles. The molecule has 0 saturated carbocycles. The summed E-state index contributed by atoms with van der Waals surface area (Å²) in [6.07, 6.45) is 1.72. The van der Waals surface area contributed by atoms with Gasteiger partial charge >= 0.3 is 0 Å². The Morgan fingerprint density at radius 1 is 1.22 bits per heavy atom. The molecule has 27 heavy (non-hydrogen) atoms. The Balaban J connectivity index is 1.66. The first-order chi connectivity index (χ1) is 12.9. The van der Waals surface area contributed by atoms with Crippen LogP contribution < -0.4 is 19.5 Å². The highest BCUT2D eigenvalue weighted by atomic mass is 32.2. The summed E-state index contributed by atoms with van der Waals surface area (Å²) in [7, 11) is 0. The van der Waals surface area contributed by atoms with Gasteiger partial charge in [0.2, 0.25) is 6.79 Å². The first-order valence-corrected chi connectivity index (χ1v) is 9.16. The molecule has 2 aromatic carbocycles. The van der Waals surface area contributed by atoms with Crippen molar-refractivity contribution in [3.05, 3.63) is 58.0 Å². The van der Waals surface area contributed by atoms with E-state index in [0.717, 1.165) is 17.3 Å². The highest BCUT2D eigenvalue weighted by Gasteiger charge is 2.33. The van der Waals surface area contributed by atoms with Crippen LogP contribution in [-0.2, 0) is 4.79 Å². The molecule has 136 valence electrons. The van der Waals surface area contributed by atoms with E-state index in [1.807, 2.05) is 6.07 Å². The second-order valence-electron chi connectivity index (χ2n) is 5.92. The van der Waals surface area contributed by atoms with Crippen LogP contribution in [0.15, 0.2) is 41.3 Å². The highest BCUT2D eigenvalue weighted by Crippen LogP contribution is 2.38. The maximum Gasteiger partial charge on any atom is 0.270 e. The van der Waals surface area contributed by atoms with Crippen molar-refractivity contribution < 1.29 is 24.2 Å². The number of fused-ring (bicyclic) bond motifs is 1. The van der Waals surface area contributed by atoms with Gasteiger partial charge in [0, 0.05) is 5.56 Å². The van der Waals surface area contributed by atoms with Crippen molar-refractivity contribution in [2.45, 2.75) is 6.92 Å². The van der Waals surface area contributed by atoms with Gasteiger partial charge in [-0.25, -0.2) is 0 Å². The van der Waals surface area contributed by atoms with Gasteiger partial charge in [0.05, 0.1) is 16.6 Å². The quantitative estimate of drug-likeness (QED) is 0.581. The number of carbonyl (C=O) groups excluding carboxylic acids is 2. The molecule has 1 amide bonds. The molecule has 0 bridgehead atoms. The van der Waals surface area contributed by atoms with Crippen LogP contribution in [0.3, 0.4) is 0 Å². The average molecular weight is 398 g/mol. The van der Waals surface area contributed by atoms with Crippen LogP contribution in [0, 0.1) is 6.92 Å². The van der Waals surface area contributed by atoms with Gasteiger partial charge in [0.25, 0.3) is 5.91 Å². The normalized spacial score (nSPS) is 17.1. The van der Waals surface area contributed by atoms with Gasteiger partial charge in [-0.15, -0.1) is 0 Å². The average Bonchev–Trinajstić information content (AvgIpc) is 3.20. The van der Waals surface area contributed by atoms with E-state index in [1.54, 1.807) is 37.3 Å². The number of amides is 1. The van der Waals surface area contributed by atoms with Crippen molar-refractivity contribution in [2.24, 2.45) is 0 Å². The van der Waals surface area contributed by atoms with Crippen molar-refractivity contribution >= 4 is 51.9 Å². The van der Waals surface area contributed by atoms with Crippen molar-refractivity contribution in [1.29, 1.82) is 0 Å². The van der Waals surface area contributed by atoms with E-state index < -0.39 is 5.97 Å². The van der Waals surface area contributed by atoms with E-state index in [2.05, 4.69) is 0 Å². The lowest BCUT2D eigenvalue weighted by Crippen LogP contribution is -2.29. The lowest BCUT2D eigenvalue weighted by molar-refractivity contribution is -0.255. The number of aromatic carboxylic acids is 1. The van der Waals surface area contributed by atoms with Crippen molar-refractivity contribution in [3.8, 4) is 11.5 Å². The number of ether oxygens (including phenoxy) is 2. The minimum absolute atomic E-state index is 0.0290. The Labute approximate surface area is 164 Å². The number of carbonyl (C=O) groups is 2. The number of hydrogen-bond donors (Lipinski definition) is 0. The standard InChI is InChI=1S/C19H13NO5S2/c1-10-2-4-12(8-13(10)18(22)23)20-17(21)16(27-19(20)26)7-11-3-5-14-15(6-11)25-9-24-14/h2-8H,9H2,1H3,(H,22,23)/p-1/b16-7-. The number of thioether (sulfide) groups is 1. The third-order valence-corrected chi connectivity index (χ3v) is 5.49. The zero-order valence-corrected chi connectivity index (χ0v) is 15.7. The van der Waals surface area contributed by atoms with Gasteiger partial charge in [0.15, 0.2) is 15.8 Å². The number of hydrogen-bond acceptors (Lipinski definition) is 7. The van der Waals surface area contributed by atoms with Gasteiger partial charge in [-0.2, -0.15) is 0 Å². The summed E-state index contributed by atoms with van der Waals surface area (Å²) in [5, 5.41) is 11.3. The summed E-state index contributed by atoms with van der Waals surface area (Å²) in [4.78, 5) is 25.9. The molecule has 8 heteroatoms. The fraction of sp³-hybridized carbons (Fsp3) is 0.105. The molecule has 2 aromatic rings. The van der Waals surface area contributed by atoms with Crippen molar-refractivity contribution in [3.63, 3.8) is 0 Å². The van der Waals surface area contributed by atoms with Gasteiger partial charge in [-0.3, -0.25) is 9.69 Å². The third kappa shape index (κ3) is 3.17. The van der Waals surface area contributed by atoms with Gasteiger partial charge in [0.1, 0.15) is 0 Å². The van der Waals surface area contributed by atoms with E-state index in [9.17, 15) is 14.7 Å². The molecule has 2 aliphatic heterocycles. The molecule has 6 nitrogen and oxygen atoms in total. The zero-order chi connectivity index (χ0) is 19.1. The second-order valence-corrected chi connectivity index (χ2v) is 7.59. The van der Waals surface area contributed by atoms with Crippen LogP contribution in [0.1, 0.15) is 21.5 Å².